The third-order valence-corrected chi connectivity index (χ3v) is 4.39. The first-order valence-corrected chi connectivity index (χ1v) is 8.36. The average Bonchev–Trinajstić information content (AvgIpc) is 2.86. The standard InChI is InChI=1S/C18H18BrN3O/c1-3-21(17-9-8-15(19)11-20-17)18(23)12-22-13(2)10-14-6-4-5-7-16(14)22/h4-11H,3,12H2,1-2H3. The quantitative estimate of drug-likeness (QED) is 0.690. The molecule has 0 aliphatic rings. The second kappa shape index (κ2) is 6.54. The first kappa shape index (κ1) is 15.7. The average molecular weight is 372 g/mol. The number of para-hydroxylation sites is 1. The van der Waals surface area contributed by atoms with Crippen molar-refractivity contribution < 1.29 is 4.79 Å². The minimum Gasteiger partial charge on any atom is -0.335 e. The molecule has 0 saturated heterocycles. The molecule has 0 bridgehead atoms. The molecule has 0 fully saturated rings. The fourth-order valence-corrected chi connectivity index (χ4v) is 3.01. The van der Waals surface area contributed by atoms with Crippen LogP contribution in [0.2, 0.25) is 0 Å². The maximum atomic E-state index is 12.8. The molecule has 0 N–H and O–H groups in total. The summed E-state index contributed by atoms with van der Waals surface area (Å²) >= 11 is 3.37. The number of nitrogens with zero attached hydrogens (tertiary/aromatic N) is 3. The molecule has 0 saturated carbocycles. The fourth-order valence-electron chi connectivity index (χ4n) is 2.77. The number of halogens is 1. The van der Waals surface area contributed by atoms with Crippen molar-refractivity contribution in [2.24, 2.45) is 0 Å². The van der Waals surface area contributed by atoms with Gasteiger partial charge in [-0.05, 0) is 59.4 Å². The highest BCUT2D eigenvalue weighted by Gasteiger charge is 2.17. The van der Waals surface area contributed by atoms with Crippen molar-refractivity contribution >= 4 is 38.6 Å². The van der Waals surface area contributed by atoms with Gasteiger partial charge in [0.1, 0.15) is 12.4 Å². The number of aryl methyl sites for hydroxylation is 1. The van der Waals surface area contributed by atoms with Gasteiger partial charge in [0.2, 0.25) is 5.91 Å². The van der Waals surface area contributed by atoms with Crippen LogP contribution >= 0.6 is 15.9 Å². The topological polar surface area (TPSA) is 38.1 Å². The summed E-state index contributed by atoms with van der Waals surface area (Å²) in [7, 11) is 0. The summed E-state index contributed by atoms with van der Waals surface area (Å²) < 4.78 is 2.95. The van der Waals surface area contributed by atoms with E-state index in [1.807, 2.05) is 44.2 Å². The van der Waals surface area contributed by atoms with Gasteiger partial charge in [-0.15, -0.1) is 0 Å². The van der Waals surface area contributed by atoms with E-state index in [9.17, 15) is 4.79 Å². The van der Waals surface area contributed by atoms with E-state index in [1.54, 1.807) is 11.1 Å². The summed E-state index contributed by atoms with van der Waals surface area (Å²) in [6.45, 7) is 4.89. The Kier molecular flexibility index (Phi) is 4.48. The summed E-state index contributed by atoms with van der Waals surface area (Å²) in [5.41, 5.74) is 2.16. The number of likely N-dealkylation sites (N-methyl/N-ethyl adjacent to an activating group) is 1. The second-order valence-corrected chi connectivity index (χ2v) is 6.32. The monoisotopic (exact) mass is 371 g/mol. The number of hydrogen-bond acceptors (Lipinski definition) is 2. The molecule has 0 aliphatic carbocycles. The number of benzene rings is 1. The number of amides is 1. The lowest BCUT2D eigenvalue weighted by molar-refractivity contribution is -0.119. The van der Waals surface area contributed by atoms with Gasteiger partial charge in [0.15, 0.2) is 0 Å². The van der Waals surface area contributed by atoms with E-state index in [-0.39, 0.29) is 5.91 Å². The molecule has 0 radical (unpaired) electrons. The normalized spacial score (nSPS) is 10.9. The van der Waals surface area contributed by atoms with Gasteiger partial charge in [0.25, 0.3) is 0 Å². The highest BCUT2D eigenvalue weighted by molar-refractivity contribution is 9.10. The fraction of sp³-hybridized carbons (Fsp3) is 0.222. The molecule has 2 heterocycles. The van der Waals surface area contributed by atoms with Crippen LogP contribution < -0.4 is 4.90 Å². The number of rotatable bonds is 4. The Bertz CT molecular complexity index is 839. The van der Waals surface area contributed by atoms with Crippen molar-refractivity contribution in [3.63, 3.8) is 0 Å². The largest absolute Gasteiger partial charge is 0.335 e. The predicted molar refractivity (Wildman–Crippen MR) is 96.6 cm³/mol. The van der Waals surface area contributed by atoms with E-state index in [1.165, 1.54) is 0 Å². The Morgan fingerprint density at radius 1 is 1.26 bits per heavy atom. The third-order valence-electron chi connectivity index (χ3n) is 3.92. The first-order chi connectivity index (χ1) is 11.1. The molecule has 3 aromatic rings. The maximum Gasteiger partial charge on any atom is 0.248 e. The lowest BCUT2D eigenvalue weighted by atomic mass is 10.2. The first-order valence-electron chi connectivity index (χ1n) is 7.57. The van der Waals surface area contributed by atoms with Crippen molar-refractivity contribution in [1.29, 1.82) is 0 Å². The van der Waals surface area contributed by atoms with Crippen molar-refractivity contribution in [2.45, 2.75) is 20.4 Å². The van der Waals surface area contributed by atoms with Crippen LogP contribution in [0.15, 0.2) is 53.1 Å². The molecular formula is C18H18BrN3O. The molecule has 0 spiro atoms. The summed E-state index contributed by atoms with van der Waals surface area (Å²) in [5, 5.41) is 1.16. The number of carbonyl (C=O) groups excluding carboxylic acids is 1. The van der Waals surface area contributed by atoms with Crippen LogP contribution in [0, 0.1) is 6.92 Å². The van der Waals surface area contributed by atoms with Gasteiger partial charge in [0.05, 0.1) is 0 Å². The van der Waals surface area contributed by atoms with Crippen molar-refractivity contribution in [1.82, 2.24) is 9.55 Å². The maximum absolute atomic E-state index is 12.8. The van der Waals surface area contributed by atoms with Crippen LogP contribution in [-0.2, 0) is 11.3 Å². The summed E-state index contributed by atoms with van der Waals surface area (Å²) in [6.07, 6.45) is 1.71. The number of pyridine rings is 1. The Morgan fingerprint density at radius 2 is 2.04 bits per heavy atom. The van der Waals surface area contributed by atoms with E-state index >= 15 is 0 Å². The molecule has 0 atom stereocenters. The molecule has 23 heavy (non-hydrogen) atoms. The summed E-state index contributed by atoms with van der Waals surface area (Å²) in [6, 6.07) is 14.0. The smallest absolute Gasteiger partial charge is 0.248 e. The Hall–Kier alpha value is -2.14. The Balaban J connectivity index is 1.89. The molecule has 4 nitrogen and oxygen atoms in total. The van der Waals surface area contributed by atoms with Crippen LogP contribution in [0.3, 0.4) is 0 Å². The molecule has 118 valence electrons. The zero-order valence-electron chi connectivity index (χ0n) is 13.2. The minimum atomic E-state index is 0.0341. The van der Waals surface area contributed by atoms with Gasteiger partial charge >= 0.3 is 0 Å². The summed E-state index contributed by atoms with van der Waals surface area (Å²) in [4.78, 5) is 18.8. The van der Waals surface area contributed by atoms with Crippen molar-refractivity contribution in [3.8, 4) is 0 Å². The van der Waals surface area contributed by atoms with Gasteiger partial charge in [-0.2, -0.15) is 0 Å². The predicted octanol–water partition coefficient (Wildman–Crippen LogP) is 4.16. The highest BCUT2D eigenvalue weighted by atomic mass is 79.9. The number of fused-ring (bicyclic) bond motifs is 1. The Morgan fingerprint density at radius 3 is 2.74 bits per heavy atom. The zero-order chi connectivity index (χ0) is 16.4. The number of anilines is 1. The molecule has 1 amide bonds. The molecule has 2 aromatic heterocycles. The van der Waals surface area contributed by atoms with Crippen LogP contribution in [0.5, 0.6) is 0 Å². The Labute approximate surface area is 143 Å². The van der Waals surface area contributed by atoms with E-state index in [0.717, 1.165) is 21.1 Å². The van der Waals surface area contributed by atoms with Gasteiger partial charge in [0, 0.05) is 28.4 Å². The molecule has 0 aliphatic heterocycles. The second-order valence-electron chi connectivity index (χ2n) is 5.40. The SMILES string of the molecule is CCN(C(=O)Cn1c(C)cc2ccccc21)c1ccc(Br)cn1. The molecule has 3 rings (SSSR count). The highest BCUT2D eigenvalue weighted by Crippen LogP contribution is 2.20. The number of aromatic nitrogens is 2. The zero-order valence-corrected chi connectivity index (χ0v) is 14.7. The van der Waals surface area contributed by atoms with E-state index in [0.29, 0.717) is 18.9 Å². The molecule has 5 heteroatoms. The van der Waals surface area contributed by atoms with Gasteiger partial charge in [-0.25, -0.2) is 4.98 Å². The minimum absolute atomic E-state index is 0.0341. The lowest BCUT2D eigenvalue weighted by Gasteiger charge is -2.21. The van der Waals surface area contributed by atoms with Crippen molar-refractivity contribution in [3.05, 3.63) is 58.8 Å². The van der Waals surface area contributed by atoms with Crippen LogP contribution in [0.1, 0.15) is 12.6 Å². The number of carbonyl (C=O) groups is 1. The van der Waals surface area contributed by atoms with E-state index in [4.69, 9.17) is 0 Å². The molecule has 1 aromatic carbocycles. The van der Waals surface area contributed by atoms with Crippen LogP contribution in [-0.4, -0.2) is 22.0 Å². The van der Waals surface area contributed by atoms with Crippen LogP contribution in [0.25, 0.3) is 10.9 Å². The van der Waals surface area contributed by atoms with E-state index < -0.39 is 0 Å². The van der Waals surface area contributed by atoms with Crippen LogP contribution in [0.4, 0.5) is 5.82 Å². The molecule has 0 unspecified atom stereocenters. The lowest BCUT2D eigenvalue weighted by Crippen LogP contribution is -2.34. The summed E-state index contributed by atoms with van der Waals surface area (Å²) in [5.74, 6) is 0.710. The third kappa shape index (κ3) is 3.15. The van der Waals surface area contributed by atoms with Gasteiger partial charge in [-0.3, -0.25) is 9.69 Å². The van der Waals surface area contributed by atoms with Gasteiger partial charge in [-0.1, -0.05) is 18.2 Å². The number of hydrogen-bond donors (Lipinski definition) is 0. The molecular weight excluding hydrogens is 354 g/mol. The van der Waals surface area contributed by atoms with Gasteiger partial charge < -0.3 is 4.57 Å². The van der Waals surface area contributed by atoms with Crippen molar-refractivity contribution in [2.75, 3.05) is 11.4 Å². The van der Waals surface area contributed by atoms with E-state index in [2.05, 4.69) is 37.6 Å².